The van der Waals surface area contributed by atoms with E-state index in [-0.39, 0.29) is 6.04 Å². The molecule has 0 aromatic heterocycles. The molecule has 106 valence electrons. The summed E-state index contributed by atoms with van der Waals surface area (Å²) in [5, 5.41) is 4.69. The second-order valence-electron chi connectivity index (χ2n) is 4.38. The molecule has 20 heavy (non-hydrogen) atoms. The number of benzene rings is 1. The largest absolute Gasteiger partial charge is 0.452 e. The molecule has 0 unspecified atom stereocenters. The highest BCUT2D eigenvalue weighted by Gasteiger charge is 2.24. The molecule has 0 bridgehead atoms. The highest BCUT2D eigenvalue weighted by atomic mass is 79.9. The van der Waals surface area contributed by atoms with Gasteiger partial charge in [0.2, 0.25) is 0 Å². The van der Waals surface area contributed by atoms with Gasteiger partial charge in [-0.2, -0.15) is 0 Å². The van der Waals surface area contributed by atoms with Crippen molar-refractivity contribution >= 4 is 33.8 Å². The number of carbonyl (C=O) groups is 3. The fraction of sp³-hybridized carbons (Fsp3) is 0.308. The van der Waals surface area contributed by atoms with E-state index in [9.17, 15) is 14.4 Å². The molecule has 2 N–H and O–H groups in total. The van der Waals surface area contributed by atoms with Gasteiger partial charge < -0.3 is 10.1 Å². The Labute approximate surface area is 124 Å². The van der Waals surface area contributed by atoms with Crippen LogP contribution in [0, 0.1) is 0 Å². The van der Waals surface area contributed by atoms with Gasteiger partial charge in [-0.15, -0.1) is 0 Å². The Morgan fingerprint density at radius 3 is 2.70 bits per heavy atom. The fourth-order valence-electron chi connectivity index (χ4n) is 1.44. The molecule has 0 atom stereocenters. The molecule has 3 amide bonds. The van der Waals surface area contributed by atoms with Crippen LogP contribution in [0.1, 0.15) is 23.2 Å². The molecule has 2 rings (SSSR count). The van der Waals surface area contributed by atoms with Crippen LogP contribution in [0.4, 0.5) is 4.79 Å². The van der Waals surface area contributed by atoms with Gasteiger partial charge in [-0.1, -0.05) is 22.0 Å². The average Bonchev–Trinajstić information content (AvgIpc) is 3.19. The molecule has 1 aliphatic carbocycles. The predicted octanol–water partition coefficient (Wildman–Crippen LogP) is 1.59. The van der Waals surface area contributed by atoms with E-state index in [1.807, 2.05) is 0 Å². The molecule has 0 aliphatic heterocycles. The zero-order chi connectivity index (χ0) is 14.5. The van der Waals surface area contributed by atoms with Crippen LogP contribution in [-0.2, 0) is 9.53 Å². The molecule has 1 saturated carbocycles. The lowest BCUT2D eigenvalue weighted by Crippen LogP contribution is -2.42. The van der Waals surface area contributed by atoms with E-state index in [2.05, 4.69) is 26.6 Å². The SMILES string of the molecule is O=C(COC(=O)c1cccc(Br)c1)NC(=O)NC1CC1. The Morgan fingerprint density at radius 1 is 1.30 bits per heavy atom. The zero-order valence-corrected chi connectivity index (χ0v) is 12.1. The van der Waals surface area contributed by atoms with Gasteiger partial charge in [-0.05, 0) is 31.0 Å². The van der Waals surface area contributed by atoms with Crippen molar-refractivity contribution in [3.8, 4) is 0 Å². The summed E-state index contributed by atoms with van der Waals surface area (Å²) in [6.45, 7) is -0.497. The van der Waals surface area contributed by atoms with Crippen LogP contribution in [0.25, 0.3) is 0 Å². The number of hydrogen-bond donors (Lipinski definition) is 2. The van der Waals surface area contributed by atoms with Crippen LogP contribution in [0.3, 0.4) is 0 Å². The normalized spacial score (nSPS) is 13.4. The van der Waals surface area contributed by atoms with Gasteiger partial charge in [0.25, 0.3) is 5.91 Å². The fourth-order valence-corrected chi connectivity index (χ4v) is 1.84. The second kappa shape index (κ2) is 6.51. The highest BCUT2D eigenvalue weighted by molar-refractivity contribution is 9.10. The van der Waals surface area contributed by atoms with Crippen molar-refractivity contribution < 1.29 is 19.1 Å². The molecule has 1 aromatic rings. The number of carbonyl (C=O) groups excluding carboxylic acids is 3. The molecular weight excluding hydrogens is 328 g/mol. The number of hydrogen-bond acceptors (Lipinski definition) is 4. The maximum Gasteiger partial charge on any atom is 0.338 e. The maximum absolute atomic E-state index is 11.7. The number of imide groups is 1. The van der Waals surface area contributed by atoms with Gasteiger partial charge in [0.15, 0.2) is 6.61 Å². The minimum absolute atomic E-state index is 0.159. The first-order valence-electron chi connectivity index (χ1n) is 6.07. The van der Waals surface area contributed by atoms with E-state index in [0.29, 0.717) is 5.56 Å². The molecule has 0 radical (unpaired) electrons. The third-order valence-corrected chi connectivity index (χ3v) is 3.05. The molecule has 7 heteroatoms. The summed E-state index contributed by atoms with van der Waals surface area (Å²) in [4.78, 5) is 34.3. The summed E-state index contributed by atoms with van der Waals surface area (Å²) in [5.41, 5.74) is 0.328. The van der Waals surface area contributed by atoms with Crippen LogP contribution in [-0.4, -0.2) is 30.6 Å². The summed E-state index contributed by atoms with van der Waals surface area (Å²) in [6.07, 6.45) is 1.86. The van der Waals surface area contributed by atoms with Crippen LogP contribution in [0.15, 0.2) is 28.7 Å². The zero-order valence-electron chi connectivity index (χ0n) is 10.5. The topological polar surface area (TPSA) is 84.5 Å². The average molecular weight is 341 g/mol. The first-order valence-corrected chi connectivity index (χ1v) is 6.87. The van der Waals surface area contributed by atoms with E-state index in [4.69, 9.17) is 4.74 Å². The van der Waals surface area contributed by atoms with Gasteiger partial charge in [-0.25, -0.2) is 9.59 Å². The van der Waals surface area contributed by atoms with E-state index in [1.165, 1.54) is 0 Å². The standard InChI is InChI=1S/C13H13BrN2O4/c14-9-3-1-2-8(6-9)12(18)20-7-11(17)16-13(19)15-10-4-5-10/h1-3,6,10H,4-5,7H2,(H2,15,16,17,19). The number of ether oxygens (including phenoxy) is 1. The smallest absolute Gasteiger partial charge is 0.338 e. The van der Waals surface area contributed by atoms with Gasteiger partial charge in [-0.3, -0.25) is 10.1 Å². The van der Waals surface area contributed by atoms with E-state index in [1.54, 1.807) is 24.3 Å². The van der Waals surface area contributed by atoms with Gasteiger partial charge >= 0.3 is 12.0 Å². The van der Waals surface area contributed by atoms with Crippen molar-refractivity contribution in [3.05, 3.63) is 34.3 Å². The van der Waals surface area contributed by atoms with Gasteiger partial charge in [0, 0.05) is 10.5 Å². The van der Waals surface area contributed by atoms with Crippen molar-refractivity contribution in [2.24, 2.45) is 0 Å². The molecular formula is C13H13BrN2O4. The minimum atomic E-state index is -0.661. The maximum atomic E-state index is 11.7. The molecule has 0 heterocycles. The van der Waals surface area contributed by atoms with Crippen molar-refractivity contribution in [1.82, 2.24) is 10.6 Å². The molecule has 1 aromatic carbocycles. The third-order valence-electron chi connectivity index (χ3n) is 2.56. The summed E-state index contributed by atoms with van der Waals surface area (Å²) < 4.78 is 5.55. The lowest BCUT2D eigenvalue weighted by Gasteiger charge is -2.06. The molecule has 0 saturated heterocycles. The highest BCUT2D eigenvalue weighted by Crippen LogP contribution is 2.18. The summed E-state index contributed by atoms with van der Waals surface area (Å²) in [5.74, 6) is -1.28. The van der Waals surface area contributed by atoms with Crippen LogP contribution >= 0.6 is 15.9 Å². The van der Waals surface area contributed by atoms with Gasteiger partial charge in [0.05, 0.1) is 5.56 Å². The predicted molar refractivity (Wildman–Crippen MR) is 74.1 cm³/mol. The van der Waals surface area contributed by atoms with Crippen LogP contribution in [0.2, 0.25) is 0 Å². The minimum Gasteiger partial charge on any atom is -0.452 e. The Hall–Kier alpha value is -1.89. The monoisotopic (exact) mass is 340 g/mol. The van der Waals surface area contributed by atoms with E-state index < -0.39 is 24.5 Å². The molecule has 0 spiro atoms. The van der Waals surface area contributed by atoms with Crippen molar-refractivity contribution in [1.29, 1.82) is 0 Å². The summed E-state index contributed by atoms with van der Waals surface area (Å²) in [7, 11) is 0. The third kappa shape index (κ3) is 4.65. The first-order chi connectivity index (χ1) is 9.54. The number of amides is 3. The number of nitrogens with one attached hydrogen (secondary N) is 2. The Kier molecular flexibility index (Phi) is 4.73. The molecule has 1 fully saturated rings. The van der Waals surface area contributed by atoms with Crippen molar-refractivity contribution in [2.45, 2.75) is 18.9 Å². The van der Waals surface area contributed by atoms with E-state index >= 15 is 0 Å². The lowest BCUT2D eigenvalue weighted by atomic mass is 10.2. The first kappa shape index (κ1) is 14.5. The lowest BCUT2D eigenvalue weighted by molar-refractivity contribution is -0.123. The number of esters is 1. The van der Waals surface area contributed by atoms with Crippen LogP contribution < -0.4 is 10.6 Å². The quantitative estimate of drug-likeness (QED) is 0.815. The Morgan fingerprint density at radius 2 is 2.05 bits per heavy atom. The molecule has 6 nitrogen and oxygen atoms in total. The second-order valence-corrected chi connectivity index (χ2v) is 5.30. The van der Waals surface area contributed by atoms with E-state index in [0.717, 1.165) is 17.3 Å². The van der Waals surface area contributed by atoms with Crippen molar-refractivity contribution in [3.63, 3.8) is 0 Å². The van der Waals surface area contributed by atoms with Gasteiger partial charge in [0.1, 0.15) is 0 Å². The number of urea groups is 1. The summed E-state index contributed by atoms with van der Waals surface area (Å²) >= 11 is 3.23. The number of rotatable bonds is 4. The Bertz CT molecular complexity index is 543. The van der Waals surface area contributed by atoms with Crippen molar-refractivity contribution in [2.75, 3.05) is 6.61 Å². The van der Waals surface area contributed by atoms with Crippen LogP contribution in [0.5, 0.6) is 0 Å². The number of halogens is 1. The summed E-state index contributed by atoms with van der Waals surface area (Å²) in [6, 6.07) is 6.21. The Balaban J connectivity index is 1.74. The molecule has 1 aliphatic rings.